The number of aryl methyl sites for hydroxylation is 1. The fraction of sp³-hybridized carbons (Fsp3) is 0.0833. The lowest BCUT2D eigenvalue weighted by Crippen LogP contribution is -2.15. The van der Waals surface area contributed by atoms with Crippen LogP contribution in [0.5, 0.6) is 0 Å². The second-order valence-corrected chi connectivity index (χ2v) is 7.99. The largest absolute Gasteiger partial charge is 0.263 e. The van der Waals surface area contributed by atoms with Crippen LogP contribution >= 0.6 is 50.1 Å². The fourth-order valence-corrected chi connectivity index (χ4v) is 4.00. The standard InChI is InChI=1S/C12H9BrClIN2O2S/c1-7-2-4-8(5-3-7)20(18,19)17-12-11(15)10(14)9(13)6-16-12/h2-6H,1H3,(H,16,17). The molecule has 4 nitrogen and oxygen atoms in total. The Kier molecular flexibility index (Phi) is 4.93. The van der Waals surface area contributed by atoms with E-state index < -0.39 is 10.0 Å². The van der Waals surface area contributed by atoms with Crippen LogP contribution in [0, 0.1) is 10.5 Å². The van der Waals surface area contributed by atoms with Crippen molar-refractivity contribution in [2.45, 2.75) is 11.8 Å². The predicted octanol–water partition coefficient (Wildman–Crippen LogP) is 4.21. The lowest BCUT2D eigenvalue weighted by Gasteiger charge is -2.10. The van der Waals surface area contributed by atoms with Crippen molar-refractivity contribution in [3.63, 3.8) is 0 Å². The second kappa shape index (κ2) is 6.17. The molecule has 0 bridgehead atoms. The first-order valence-corrected chi connectivity index (χ1v) is 9.13. The van der Waals surface area contributed by atoms with Gasteiger partial charge in [0.15, 0.2) is 5.82 Å². The number of rotatable bonds is 3. The summed E-state index contributed by atoms with van der Waals surface area (Å²) < 4.78 is 28.1. The molecule has 0 unspecified atom stereocenters. The minimum atomic E-state index is -3.67. The molecule has 0 aliphatic carbocycles. The third-order valence-electron chi connectivity index (χ3n) is 2.48. The zero-order chi connectivity index (χ0) is 14.9. The summed E-state index contributed by atoms with van der Waals surface area (Å²) in [6, 6.07) is 6.57. The average molecular weight is 488 g/mol. The highest BCUT2D eigenvalue weighted by molar-refractivity contribution is 14.1. The normalized spacial score (nSPS) is 11.4. The minimum absolute atomic E-state index is 0.180. The van der Waals surface area contributed by atoms with Gasteiger partial charge in [0.2, 0.25) is 0 Å². The molecule has 1 heterocycles. The van der Waals surface area contributed by atoms with Gasteiger partial charge in [-0.05, 0) is 57.6 Å². The van der Waals surface area contributed by atoms with Gasteiger partial charge in [-0.15, -0.1) is 0 Å². The lowest BCUT2D eigenvalue weighted by molar-refractivity contribution is 0.601. The van der Waals surface area contributed by atoms with Crippen molar-refractivity contribution in [2.24, 2.45) is 0 Å². The van der Waals surface area contributed by atoms with Gasteiger partial charge in [-0.1, -0.05) is 29.3 Å². The highest BCUT2D eigenvalue weighted by Gasteiger charge is 2.18. The van der Waals surface area contributed by atoms with Crippen molar-refractivity contribution in [2.75, 3.05) is 4.72 Å². The van der Waals surface area contributed by atoms with Gasteiger partial charge in [0.25, 0.3) is 10.0 Å². The van der Waals surface area contributed by atoms with E-state index in [1.165, 1.54) is 6.20 Å². The molecule has 0 aliphatic rings. The van der Waals surface area contributed by atoms with E-state index in [0.29, 0.717) is 13.1 Å². The van der Waals surface area contributed by atoms with E-state index in [1.807, 2.05) is 29.5 Å². The molecule has 20 heavy (non-hydrogen) atoms. The van der Waals surface area contributed by atoms with Crippen molar-refractivity contribution in [1.29, 1.82) is 0 Å². The zero-order valence-corrected chi connectivity index (χ0v) is 15.5. The lowest BCUT2D eigenvalue weighted by atomic mass is 10.2. The van der Waals surface area contributed by atoms with Crippen molar-refractivity contribution in [1.82, 2.24) is 4.98 Å². The molecule has 1 aromatic carbocycles. The molecule has 106 valence electrons. The van der Waals surface area contributed by atoms with Crippen LogP contribution in [0.1, 0.15) is 5.56 Å². The van der Waals surface area contributed by atoms with Crippen LogP contribution in [0.25, 0.3) is 0 Å². The maximum Gasteiger partial charge on any atom is 0.263 e. The Morgan fingerprint density at radius 2 is 1.90 bits per heavy atom. The van der Waals surface area contributed by atoms with Gasteiger partial charge in [-0.2, -0.15) is 0 Å². The van der Waals surface area contributed by atoms with Crippen molar-refractivity contribution < 1.29 is 8.42 Å². The van der Waals surface area contributed by atoms with E-state index in [1.54, 1.807) is 24.3 Å². The molecule has 0 aliphatic heterocycles. The van der Waals surface area contributed by atoms with Gasteiger partial charge in [0, 0.05) is 6.20 Å². The average Bonchev–Trinajstić information content (AvgIpc) is 2.40. The second-order valence-electron chi connectivity index (χ2n) is 4.00. The van der Waals surface area contributed by atoms with E-state index in [0.717, 1.165) is 5.56 Å². The molecule has 0 spiro atoms. The quantitative estimate of drug-likeness (QED) is 0.660. The van der Waals surface area contributed by atoms with Gasteiger partial charge in [0.05, 0.1) is 18.0 Å². The molecule has 2 aromatic rings. The number of aromatic nitrogens is 1. The molecule has 1 aromatic heterocycles. The molecule has 0 atom stereocenters. The predicted molar refractivity (Wildman–Crippen MR) is 91.7 cm³/mol. The number of halogens is 3. The molecule has 0 saturated heterocycles. The molecule has 0 radical (unpaired) electrons. The molecular formula is C12H9BrClIN2O2S. The number of pyridine rings is 1. The zero-order valence-electron chi connectivity index (χ0n) is 10.2. The summed E-state index contributed by atoms with van der Waals surface area (Å²) in [6.07, 6.45) is 1.46. The maximum atomic E-state index is 12.3. The topological polar surface area (TPSA) is 59.1 Å². The summed E-state index contributed by atoms with van der Waals surface area (Å²) in [6.45, 7) is 1.89. The van der Waals surface area contributed by atoms with Crippen LogP contribution in [-0.4, -0.2) is 13.4 Å². The summed E-state index contributed by atoms with van der Waals surface area (Å²) >= 11 is 11.2. The van der Waals surface area contributed by atoms with Crippen LogP contribution in [-0.2, 0) is 10.0 Å². The van der Waals surface area contributed by atoms with Crippen LogP contribution in [0.2, 0.25) is 5.02 Å². The molecule has 0 fully saturated rings. The maximum absolute atomic E-state index is 12.3. The molecule has 0 saturated carbocycles. The van der Waals surface area contributed by atoms with Gasteiger partial charge >= 0.3 is 0 Å². The number of hydrogen-bond donors (Lipinski definition) is 1. The molecule has 1 N–H and O–H groups in total. The van der Waals surface area contributed by atoms with Gasteiger partial charge in [-0.3, -0.25) is 4.72 Å². The highest BCUT2D eigenvalue weighted by Crippen LogP contribution is 2.31. The number of benzene rings is 1. The summed E-state index contributed by atoms with van der Waals surface area (Å²) in [4.78, 5) is 4.22. The van der Waals surface area contributed by atoms with E-state index in [-0.39, 0.29) is 10.7 Å². The number of nitrogens with one attached hydrogen (secondary N) is 1. The Labute approximate surface area is 144 Å². The third-order valence-corrected chi connectivity index (χ3v) is 6.43. The highest BCUT2D eigenvalue weighted by atomic mass is 127. The molecular weight excluding hydrogens is 478 g/mol. The Hall–Kier alpha value is -0.380. The number of hydrogen-bond acceptors (Lipinski definition) is 3. The van der Waals surface area contributed by atoms with Gasteiger partial charge < -0.3 is 0 Å². The van der Waals surface area contributed by atoms with Gasteiger partial charge in [-0.25, -0.2) is 13.4 Å². The fourth-order valence-electron chi connectivity index (χ4n) is 1.42. The Bertz CT molecular complexity index is 751. The van der Waals surface area contributed by atoms with E-state index in [4.69, 9.17) is 11.6 Å². The van der Waals surface area contributed by atoms with Crippen LogP contribution in [0.15, 0.2) is 39.8 Å². The minimum Gasteiger partial charge on any atom is -0.262 e. The van der Waals surface area contributed by atoms with Crippen LogP contribution in [0.4, 0.5) is 5.82 Å². The third kappa shape index (κ3) is 3.44. The van der Waals surface area contributed by atoms with Crippen molar-refractivity contribution in [3.8, 4) is 0 Å². The van der Waals surface area contributed by atoms with Crippen LogP contribution in [0.3, 0.4) is 0 Å². The molecule has 2 rings (SSSR count). The van der Waals surface area contributed by atoms with Crippen LogP contribution < -0.4 is 4.72 Å². The number of sulfonamides is 1. The summed E-state index contributed by atoms with van der Waals surface area (Å²) in [5, 5.41) is 0.419. The summed E-state index contributed by atoms with van der Waals surface area (Å²) in [7, 11) is -3.67. The Morgan fingerprint density at radius 3 is 2.50 bits per heavy atom. The monoisotopic (exact) mass is 486 g/mol. The van der Waals surface area contributed by atoms with E-state index in [9.17, 15) is 8.42 Å². The summed E-state index contributed by atoms with van der Waals surface area (Å²) in [5.41, 5.74) is 0.989. The smallest absolute Gasteiger partial charge is 0.262 e. The molecule has 8 heteroatoms. The Morgan fingerprint density at radius 1 is 1.30 bits per heavy atom. The SMILES string of the molecule is Cc1ccc(S(=O)(=O)Nc2ncc(Br)c(Cl)c2I)cc1. The summed E-state index contributed by atoms with van der Waals surface area (Å²) in [5.74, 6) is 0.208. The van der Waals surface area contributed by atoms with E-state index >= 15 is 0 Å². The van der Waals surface area contributed by atoms with E-state index in [2.05, 4.69) is 25.6 Å². The first kappa shape index (κ1) is 16.0. The number of anilines is 1. The van der Waals surface area contributed by atoms with Crippen molar-refractivity contribution >= 4 is 66.0 Å². The molecule has 0 amide bonds. The van der Waals surface area contributed by atoms with Crippen molar-refractivity contribution in [3.05, 3.63) is 49.1 Å². The number of nitrogens with zero attached hydrogens (tertiary/aromatic N) is 1. The Balaban J connectivity index is 2.38. The van der Waals surface area contributed by atoms with Gasteiger partial charge in [0.1, 0.15) is 0 Å². The first-order valence-electron chi connectivity index (χ1n) is 5.40. The first-order chi connectivity index (χ1) is 9.31.